The predicted molar refractivity (Wildman–Crippen MR) is 64.1 cm³/mol. The lowest BCUT2D eigenvalue weighted by atomic mass is 10.1. The molecule has 0 fully saturated rings. The second-order valence-electron chi connectivity index (χ2n) is 3.98. The number of aromatic nitrogens is 2. The zero-order valence-electron chi connectivity index (χ0n) is 10.1. The molecule has 0 spiro atoms. The van der Waals surface area contributed by atoms with Gasteiger partial charge in [0, 0.05) is 37.5 Å². The van der Waals surface area contributed by atoms with Gasteiger partial charge in [0.15, 0.2) is 0 Å². The van der Waals surface area contributed by atoms with Crippen molar-refractivity contribution in [1.82, 2.24) is 15.1 Å². The van der Waals surface area contributed by atoms with Gasteiger partial charge in [-0.25, -0.2) is 0 Å². The lowest BCUT2D eigenvalue weighted by Gasteiger charge is -2.16. The van der Waals surface area contributed by atoms with Gasteiger partial charge in [0.2, 0.25) is 0 Å². The smallest absolute Gasteiger partial charge is 0.0540 e. The third-order valence-corrected chi connectivity index (χ3v) is 2.86. The maximum atomic E-state index is 8.69. The van der Waals surface area contributed by atoms with Crippen LogP contribution >= 0.6 is 0 Å². The van der Waals surface area contributed by atoms with E-state index in [9.17, 15) is 0 Å². The van der Waals surface area contributed by atoms with Gasteiger partial charge in [-0.1, -0.05) is 0 Å². The standard InChI is InChI=1S/C11H22N4O/c1-9-10(8-14-15(9)2)11(7-12)13-5-3-4-6-16/h8,11,13,16H,3-7,12H2,1-2H3. The van der Waals surface area contributed by atoms with Crippen molar-refractivity contribution in [3.63, 3.8) is 0 Å². The van der Waals surface area contributed by atoms with Crippen LogP contribution in [0.1, 0.15) is 30.1 Å². The molecule has 92 valence electrons. The molecule has 1 aromatic heterocycles. The summed E-state index contributed by atoms with van der Waals surface area (Å²) < 4.78 is 1.85. The molecular formula is C11H22N4O. The third-order valence-electron chi connectivity index (χ3n) is 2.86. The van der Waals surface area contributed by atoms with E-state index < -0.39 is 0 Å². The van der Waals surface area contributed by atoms with Crippen LogP contribution in [-0.2, 0) is 7.05 Å². The van der Waals surface area contributed by atoms with Crippen LogP contribution in [0.5, 0.6) is 0 Å². The van der Waals surface area contributed by atoms with Gasteiger partial charge in [0.1, 0.15) is 0 Å². The molecule has 16 heavy (non-hydrogen) atoms. The summed E-state index contributed by atoms with van der Waals surface area (Å²) >= 11 is 0. The molecule has 0 saturated heterocycles. The highest BCUT2D eigenvalue weighted by molar-refractivity contribution is 5.20. The molecule has 1 aromatic rings. The molecule has 1 unspecified atom stereocenters. The Morgan fingerprint density at radius 1 is 1.56 bits per heavy atom. The average molecular weight is 226 g/mol. The first kappa shape index (κ1) is 13.2. The first-order chi connectivity index (χ1) is 7.70. The Morgan fingerprint density at radius 2 is 2.31 bits per heavy atom. The number of aryl methyl sites for hydroxylation is 1. The molecule has 1 rings (SSSR count). The van der Waals surface area contributed by atoms with Crippen molar-refractivity contribution in [1.29, 1.82) is 0 Å². The normalized spacial score (nSPS) is 13.0. The van der Waals surface area contributed by atoms with Crippen molar-refractivity contribution in [2.75, 3.05) is 19.7 Å². The maximum absolute atomic E-state index is 8.69. The lowest BCUT2D eigenvalue weighted by Crippen LogP contribution is -2.29. The van der Waals surface area contributed by atoms with Gasteiger partial charge >= 0.3 is 0 Å². The van der Waals surface area contributed by atoms with Crippen LogP contribution in [0.2, 0.25) is 0 Å². The summed E-state index contributed by atoms with van der Waals surface area (Å²) in [5.41, 5.74) is 8.05. The predicted octanol–water partition coefficient (Wildman–Crippen LogP) is 0.0904. The molecule has 4 N–H and O–H groups in total. The Balaban J connectivity index is 2.51. The number of hydrogen-bond donors (Lipinski definition) is 3. The van der Waals surface area contributed by atoms with E-state index in [1.807, 2.05) is 24.9 Å². The number of hydrogen-bond acceptors (Lipinski definition) is 4. The summed E-state index contributed by atoms with van der Waals surface area (Å²) in [5, 5.41) is 16.3. The molecule has 0 saturated carbocycles. The van der Waals surface area contributed by atoms with Crippen molar-refractivity contribution >= 4 is 0 Å². The monoisotopic (exact) mass is 226 g/mol. The summed E-state index contributed by atoms with van der Waals surface area (Å²) in [6.07, 6.45) is 3.66. The highest BCUT2D eigenvalue weighted by Crippen LogP contribution is 2.15. The van der Waals surface area contributed by atoms with Crippen molar-refractivity contribution in [3.05, 3.63) is 17.5 Å². The van der Waals surface area contributed by atoms with Crippen molar-refractivity contribution in [2.45, 2.75) is 25.8 Å². The minimum absolute atomic E-state index is 0.160. The molecule has 0 radical (unpaired) electrons. The second-order valence-corrected chi connectivity index (χ2v) is 3.98. The molecule has 0 amide bonds. The summed E-state index contributed by atoms with van der Waals surface area (Å²) in [5.74, 6) is 0. The Hall–Kier alpha value is -0.910. The highest BCUT2D eigenvalue weighted by atomic mass is 16.2. The number of rotatable bonds is 7. The van der Waals surface area contributed by atoms with Gasteiger partial charge in [-0.15, -0.1) is 0 Å². The minimum atomic E-state index is 0.160. The maximum Gasteiger partial charge on any atom is 0.0540 e. The Kier molecular flexibility index (Phi) is 5.45. The first-order valence-corrected chi connectivity index (χ1v) is 5.73. The molecule has 0 aromatic carbocycles. The fraction of sp³-hybridized carbons (Fsp3) is 0.727. The summed E-state index contributed by atoms with van der Waals surface area (Å²) in [4.78, 5) is 0. The van der Waals surface area contributed by atoms with Crippen LogP contribution < -0.4 is 11.1 Å². The van der Waals surface area contributed by atoms with E-state index in [0.717, 1.165) is 30.6 Å². The highest BCUT2D eigenvalue weighted by Gasteiger charge is 2.14. The summed E-state index contributed by atoms with van der Waals surface area (Å²) in [7, 11) is 1.93. The molecule has 0 aliphatic carbocycles. The number of nitrogens with two attached hydrogens (primary N) is 1. The SMILES string of the molecule is Cc1c(C(CN)NCCCCO)cnn1C. The van der Waals surface area contributed by atoms with E-state index in [1.165, 1.54) is 0 Å². The molecule has 0 aliphatic rings. The van der Waals surface area contributed by atoms with E-state index in [-0.39, 0.29) is 12.6 Å². The molecule has 0 bridgehead atoms. The Bertz CT molecular complexity index is 311. The summed E-state index contributed by atoms with van der Waals surface area (Å²) in [6.45, 7) is 3.73. The molecule has 1 atom stereocenters. The number of nitrogens with one attached hydrogen (secondary N) is 1. The van der Waals surface area contributed by atoms with Gasteiger partial charge in [0.05, 0.1) is 6.20 Å². The van der Waals surface area contributed by atoms with Crippen LogP contribution in [0.4, 0.5) is 0 Å². The Labute approximate surface area is 96.6 Å². The van der Waals surface area contributed by atoms with Crippen LogP contribution in [-0.4, -0.2) is 34.6 Å². The van der Waals surface area contributed by atoms with E-state index >= 15 is 0 Å². The average Bonchev–Trinajstić information content (AvgIpc) is 2.61. The fourth-order valence-corrected chi connectivity index (χ4v) is 1.69. The quantitative estimate of drug-likeness (QED) is 0.576. The summed E-state index contributed by atoms with van der Waals surface area (Å²) in [6, 6.07) is 0.160. The largest absolute Gasteiger partial charge is 0.396 e. The third kappa shape index (κ3) is 3.30. The number of unbranched alkanes of at least 4 members (excludes halogenated alkanes) is 1. The van der Waals surface area contributed by atoms with Gasteiger partial charge in [-0.2, -0.15) is 5.10 Å². The van der Waals surface area contributed by atoms with Crippen LogP contribution in [0.25, 0.3) is 0 Å². The topological polar surface area (TPSA) is 76.1 Å². The van der Waals surface area contributed by atoms with E-state index in [2.05, 4.69) is 10.4 Å². The van der Waals surface area contributed by atoms with Gasteiger partial charge in [-0.3, -0.25) is 4.68 Å². The molecule has 0 aliphatic heterocycles. The number of nitrogens with zero attached hydrogens (tertiary/aromatic N) is 2. The number of aliphatic hydroxyl groups is 1. The van der Waals surface area contributed by atoms with Crippen molar-refractivity contribution < 1.29 is 5.11 Å². The van der Waals surface area contributed by atoms with E-state index in [4.69, 9.17) is 10.8 Å². The van der Waals surface area contributed by atoms with Gasteiger partial charge in [-0.05, 0) is 26.3 Å². The van der Waals surface area contributed by atoms with Crippen LogP contribution in [0, 0.1) is 6.92 Å². The molecule has 5 heteroatoms. The lowest BCUT2D eigenvalue weighted by molar-refractivity contribution is 0.282. The fourth-order valence-electron chi connectivity index (χ4n) is 1.69. The van der Waals surface area contributed by atoms with Crippen molar-refractivity contribution in [2.24, 2.45) is 12.8 Å². The van der Waals surface area contributed by atoms with E-state index in [1.54, 1.807) is 0 Å². The zero-order chi connectivity index (χ0) is 12.0. The van der Waals surface area contributed by atoms with E-state index in [0.29, 0.717) is 6.54 Å². The van der Waals surface area contributed by atoms with Gasteiger partial charge < -0.3 is 16.2 Å². The van der Waals surface area contributed by atoms with Gasteiger partial charge in [0.25, 0.3) is 0 Å². The molecular weight excluding hydrogens is 204 g/mol. The zero-order valence-corrected chi connectivity index (χ0v) is 10.1. The Morgan fingerprint density at radius 3 is 2.81 bits per heavy atom. The second kappa shape index (κ2) is 6.62. The molecule has 5 nitrogen and oxygen atoms in total. The van der Waals surface area contributed by atoms with Crippen LogP contribution in [0.3, 0.4) is 0 Å². The number of aliphatic hydroxyl groups excluding tert-OH is 1. The van der Waals surface area contributed by atoms with Crippen molar-refractivity contribution in [3.8, 4) is 0 Å². The van der Waals surface area contributed by atoms with Crippen LogP contribution in [0.15, 0.2) is 6.20 Å². The minimum Gasteiger partial charge on any atom is -0.396 e. The molecule has 1 heterocycles. The first-order valence-electron chi connectivity index (χ1n) is 5.73.